The summed E-state index contributed by atoms with van der Waals surface area (Å²) in [5.74, 6) is -0.906. The topological polar surface area (TPSA) is 67.3 Å². The molecule has 1 aromatic heterocycles. The summed E-state index contributed by atoms with van der Waals surface area (Å²) in [4.78, 5) is 41.2. The van der Waals surface area contributed by atoms with Crippen molar-refractivity contribution in [1.29, 1.82) is 0 Å². The van der Waals surface area contributed by atoms with E-state index in [9.17, 15) is 14.4 Å². The lowest BCUT2D eigenvalue weighted by Gasteiger charge is -2.21. The maximum absolute atomic E-state index is 12.8. The molecule has 124 valence electrons. The molecule has 24 heavy (non-hydrogen) atoms. The van der Waals surface area contributed by atoms with Crippen molar-refractivity contribution in [3.05, 3.63) is 58.2 Å². The Morgan fingerprint density at radius 3 is 2.58 bits per heavy atom. The van der Waals surface area contributed by atoms with Gasteiger partial charge in [0.1, 0.15) is 17.4 Å². The van der Waals surface area contributed by atoms with Gasteiger partial charge >= 0.3 is 0 Å². The molecule has 0 N–H and O–H groups in total. The second-order valence-corrected chi connectivity index (χ2v) is 5.54. The number of carbonyl (C=O) groups excluding carboxylic acids is 3. The van der Waals surface area contributed by atoms with Gasteiger partial charge in [-0.15, -0.1) is 11.6 Å². The highest BCUT2D eigenvalue weighted by Crippen LogP contribution is 2.23. The van der Waals surface area contributed by atoms with Crippen molar-refractivity contribution in [2.45, 2.75) is 6.92 Å². The molecule has 0 saturated carbocycles. The predicted molar refractivity (Wildman–Crippen MR) is 93.3 cm³/mol. The number of rotatable bonds is 6. The first-order valence-electron chi connectivity index (χ1n) is 7.14. The third kappa shape index (κ3) is 3.80. The molecule has 0 aliphatic heterocycles. The van der Waals surface area contributed by atoms with Crippen molar-refractivity contribution in [2.75, 3.05) is 17.3 Å². The molecular formula is C17H14Cl2N2O3. The highest BCUT2D eigenvalue weighted by atomic mass is 35.5. The molecular weight excluding hydrogens is 351 g/mol. The van der Waals surface area contributed by atoms with Crippen molar-refractivity contribution in [3.63, 3.8) is 0 Å². The lowest BCUT2D eigenvalue weighted by atomic mass is 10.0. The Morgan fingerprint density at radius 1 is 1.25 bits per heavy atom. The number of anilines is 1. The molecule has 1 heterocycles. The number of hydrogen-bond donors (Lipinski definition) is 0. The standard InChI is InChI=1S/C17H14Cl2N2O3/c1-2-21(15(23)9-18)17-14(7-6-13(10-22)20-17)16(24)11-4-3-5-12(19)8-11/h3-8,10H,2,9H2,1H3. The van der Waals surface area contributed by atoms with E-state index in [0.717, 1.165) is 0 Å². The molecule has 0 radical (unpaired) electrons. The van der Waals surface area contributed by atoms with Gasteiger partial charge in [-0.1, -0.05) is 23.7 Å². The Balaban J connectivity index is 2.58. The number of ketones is 1. The van der Waals surface area contributed by atoms with E-state index in [1.165, 1.54) is 23.1 Å². The molecule has 7 heteroatoms. The molecule has 1 aromatic carbocycles. The minimum absolute atomic E-state index is 0.109. The van der Waals surface area contributed by atoms with Crippen LogP contribution in [-0.2, 0) is 4.79 Å². The SMILES string of the molecule is CCN(C(=O)CCl)c1nc(C=O)ccc1C(=O)c1cccc(Cl)c1. The quantitative estimate of drug-likeness (QED) is 0.447. The van der Waals surface area contributed by atoms with Crippen LogP contribution < -0.4 is 4.90 Å². The van der Waals surface area contributed by atoms with Crippen LogP contribution in [-0.4, -0.2) is 35.4 Å². The van der Waals surface area contributed by atoms with Gasteiger partial charge in [-0.05, 0) is 31.2 Å². The van der Waals surface area contributed by atoms with E-state index in [2.05, 4.69) is 4.98 Å². The summed E-state index contributed by atoms with van der Waals surface area (Å²) >= 11 is 11.6. The van der Waals surface area contributed by atoms with Crippen LogP contribution >= 0.6 is 23.2 Å². The Morgan fingerprint density at radius 2 is 2.00 bits per heavy atom. The molecule has 2 aromatic rings. The molecule has 0 fully saturated rings. The maximum atomic E-state index is 12.8. The van der Waals surface area contributed by atoms with Crippen LogP contribution in [0.2, 0.25) is 5.02 Å². The highest BCUT2D eigenvalue weighted by molar-refractivity contribution is 6.31. The zero-order chi connectivity index (χ0) is 17.7. The maximum Gasteiger partial charge on any atom is 0.243 e. The number of hydrogen-bond acceptors (Lipinski definition) is 4. The zero-order valence-corrected chi connectivity index (χ0v) is 14.3. The minimum Gasteiger partial charge on any atom is -0.296 e. The van der Waals surface area contributed by atoms with Gasteiger partial charge in [0.05, 0.1) is 5.56 Å². The lowest BCUT2D eigenvalue weighted by molar-refractivity contribution is -0.116. The van der Waals surface area contributed by atoms with Crippen molar-refractivity contribution in [1.82, 2.24) is 4.98 Å². The normalized spacial score (nSPS) is 10.3. The number of halogens is 2. The molecule has 0 atom stereocenters. The van der Waals surface area contributed by atoms with Crippen LogP contribution in [0.4, 0.5) is 5.82 Å². The largest absolute Gasteiger partial charge is 0.296 e. The number of benzene rings is 1. The Labute approximate surface area is 149 Å². The van der Waals surface area contributed by atoms with Gasteiger partial charge in [-0.2, -0.15) is 0 Å². The van der Waals surface area contributed by atoms with Crippen molar-refractivity contribution >= 4 is 47.0 Å². The fraction of sp³-hybridized carbons (Fsp3) is 0.176. The smallest absolute Gasteiger partial charge is 0.243 e. The Hall–Kier alpha value is -2.24. The number of aromatic nitrogens is 1. The van der Waals surface area contributed by atoms with Gasteiger partial charge in [0, 0.05) is 17.1 Å². The number of pyridine rings is 1. The first-order chi connectivity index (χ1) is 11.5. The Bertz CT molecular complexity index is 793. The van der Waals surface area contributed by atoms with Crippen LogP contribution in [0.25, 0.3) is 0 Å². The molecule has 0 bridgehead atoms. The van der Waals surface area contributed by atoms with Crippen LogP contribution in [0.1, 0.15) is 33.3 Å². The predicted octanol–water partition coefficient (Wildman–Crippen LogP) is 3.37. The first-order valence-corrected chi connectivity index (χ1v) is 8.05. The van der Waals surface area contributed by atoms with E-state index in [1.54, 1.807) is 25.1 Å². The van der Waals surface area contributed by atoms with Gasteiger partial charge in [0.25, 0.3) is 0 Å². The fourth-order valence-electron chi connectivity index (χ4n) is 2.21. The molecule has 0 spiro atoms. The summed E-state index contributed by atoms with van der Waals surface area (Å²) in [6, 6.07) is 9.35. The van der Waals surface area contributed by atoms with E-state index >= 15 is 0 Å². The fourth-order valence-corrected chi connectivity index (χ4v) is 2.55. The van der Waals surface area contributed by atoms with Crippen LogP contribution in [0.5, 0.6) is 0 Å². The lowest BCUT2D eigenvalue weighted by Crippen LogP contribution is -2.34. The molecule has 0 unspecified atom stereocenters. The number of alkyl halides is 1. The summed E-state index contributed by atoms with van der Waals surface area (Å²) in [6.07, 6.45) is 0.552. The van der Waals surface area contributed by atoms with E-state index in [1.807, 2.05) is 0 Å². The van der Waals surface area contributed by atoms with E-state index in [0.29, 0.717) is 16.9 Å². The average molecular weight is 365 g/mol. The molecule has 0 aliphatic rings. The van der Waals surface area contributed by atoms with E-state index < -0.39 is 5.91 Å². The Kier molecular flexibility index (Phi) is 6.06. The number of carbonyl (C=O) groups is 3. The summed E-state index contributed by atoms with van der Waals surface area (Å²) < 4.78 is 0. The van der Waals surface area contributed by atoms with E-state index in [4.69, 9.17) is 23.2 Å². The second kappa shape index (κ2) is 8.04. The third-order valence-electron chi connectivity index (χ3n) is 3.34. The van der Waals surface area contributed by atoms with Gasteiger partial charge < -0.3 is 0 Å². The highest BCUT2D eigenvalue weighted by Gasteiger charge is 2.23. The zero-order valence-electron chi connectivity index (χ0n) is 12.8. The van der Waals surface area contributed by atoms with Crippen molar-refractivity contribution in [3.8, 4) is 0 Å². The molecule has 0 saturated heterocycles. The van der Waals surface area contributed by atoms with Gasteiger partial charge in [0.2, 0.25) is 5.91 Å². The number of nitrogens with zero attached hydrogens (tertiary/aromatic N) is 2. The van der Waals surface area contributed by atoms with Crippen LogP contribution in [0, 0.1) is 0 Å². The molecule has 1 amide bonds. The number of aldehydes is 1. The summed E-state index contributed by atoms with van der Waals surface area (Å²) in [5.41, 5.74) is 0.676. The number of amides is 1. The third-order valence-corrected chi connectivity index (χ3v) is 3.80. The van der Waals surface area contributed by atoms with Crippen molar-refractivity contribution in [2.24, 2.45) is 0 Å². The minimum atomic E-state index is -0.408. The van der Waals surface area contributed by atoms with E-state index in [-0.39, 0.29) is 35.3 Å². The van der Waals surface area contributed by atoms with Gasteiger partial charge in [0.15, 0.2) is 12.1 Å². The summed E-state index contributed by atoms with van der Waals surface area (Å²) in [6.45, 7) is 1.99. The van der Waals surface area contributed by atoms with Crippen molar-refractivity contribution < 1.29 is 14.4 Å². The summed E-state index contributed by atoms with van der Waals surface area (Å²) in [7, 11) is 0. The second-order valence-electron chi connectivity index (χ2n) is 4.84. The van der Waals surface area contributed by atoms with Gasteiger partial charge in [-0.3, -0.25) is 19.3 Å². The monoisotopic (exact) mass is 364 g/mol. The summed E-state index contributed by atoms with van der Waals surface area (Å²) in [5, 5.41) is 0.420. The molecule has 5 nitrogen and oxygen atoms in total. The molecule has 2 rings (SSSR count). The average Bonchev–Trinajstić information content (AvgIpc) is 2.61. The van der Waals surface area contributed by atoms with Gasteiger partial charge in [-0.25, -0.2) is 4.98 Å². The van der Waals surface area contributed by atoms with Crippen LogP contribution in [0.15, 0.2) is 36.4 Å². The van der Waals surface area contributed by atoms with Crippen LogP contribution in [0.3, 0.4) is 0 Å². The molecule has 0 aliphatic carbocycles. The first kappa shape index (κ1) is 18.1.